The molecule has 10 heteroatoms. The summed E-state index contributed by atoms with van der Waals surface area (Å²) in [6.07, 6.45) is 5.45. The third kappa shape index (κ3) is 5.13. The van der Waals surface area contributed by atoms with Gasteiger partial charge < -0.3 is 31.7 Å². The Morgan fingerprint density at radius 1 is 1.11 bits per heavy atom. The number of ether oxygens (including phenoxy) is 1. The normalized spacial score (nSPS) is 20.6. The van der Waals surface area contributed by atoms with Gasteiger partial charge >= 0.3 is 0 Å². The van der Waals surface area contributed by atoms with E-state index in [9.17, 15) is 9.18 Å². The molecule has 2 fully saturated rings. The number of pyridine rings is 2. The first kappa shape index (κ1) is 23.3. The van der Waals surface area contributed by atoms with Crippen LogP contribution in [0, 0.1) is 5.82 Å². The lowest BCUT2D eigenvalue weighted by Crippen LogP contribution is -2.43. The highest BCUT2D eigenvalue weighted by molar-refractivity contribution is 5.99. The lowest BCUT2D eigenvalue weighted by atomic mass is 9.91. The number of primary amides is 1. The van der Waals surface area contributed by atoms with Gasteiger partial charge in [-0.25, -0.2) is 9.37 Å². The number of fused-ring (bicyclic) bond motifs is 1. The Labute approximate surface area is 203 Å². The first-order valence-corrected chi connectivity index (χ1v) is 12.0. The van der Waals surface area contributed by atoms with Crippen molar-refractivity contribution in [3.63, 3.8) is 0 Å². The number of nitrogens with one attached hydrogen (secondary N) is 2. The number of benzene rings is 1. The van der Waals surface area contributed by atoms with Crippen LogP contribution in [0.4, 0.5) is 27.4 Å². The molecule has 6 N–H and O–H groups in total. The first-order valence-electron chi connectivity index (χ1n) is 12.0. The molecule has 1 aromatic carbocycles. The first-order chi connectivity index (χ1) is 17.0. The average Bonchev–Trinajstić information content (AvgIpc) is 2.87. The predicted molar refractivity (Wildman–Crippen MR) is 135 cm³/mol. The highest BCUT2D eigenvalue weighted by Gasteiger charge is 2.24. The molecular formula is C25H30FN7O2. The number of anilines is 4. The molecule has 1 aliphatic carbocycles. The molecule has 2 atom stereocenters. The summed E-state index contributed by atoms with van der Waals surface area (Å²) in [6, 6.07) is 8.96. The number of halogens is 1. The van der Waals surface area contributed by atoms with Crippen LogP contribution in [-0.2, 0) is 4.74 Å². The number of carbonyl (C=O) groups excluding carboxylic acids is 1. The highest BCUT2D eigenvalue weighted by Crippen LogP contribution is 2.28. The fourth-order valence-corrected chi connectivity index (χ4v) is 4.72. The molecular weight excluding hydrogens is 449 g/mol. The third-order valence-corrected chi connectivity index (χ3v) is 6.69. The summed E-state index contributed by atoms with van der Waals surface area (Å²) in [5.41, 5.74) is 14.2. The van der Waals surface area contributed by atoms with Gasteiger partial charge in [0.05, 0.1) is 36.2 Å². The Morgan fingerprint density at radius 2 is 1.91 bits per heavy atom. The van der Waals surface area contributed by atoms with E-state index in [1.807, 2.05) is 18.2 Å². The molecule has 0 radical (unpaired) electrons. The minimum absolute atomic E-state index is 0.0382. The lowest BCUT2D eigenvalue weighted by Gasteiger charge is -2.30. The molecule has 9 nitrogen and oxygen atoms in total. The Hall–Kier alpha value is -3.50. The number of nitrogens with zero attached hydrogens (tertiary/aromatic N) is 3. The van der Waals surface area contributed by atoms with Crippen molar-refractivity contribution < 1.29 is 13.9 Å². The summed E-state index contributed by atoms with van der Waals surface area (Å²) in [6.45, 7) is 3.12. The molecule has 1 saturated carbocycles. The summed E-state index contributed by atoms with van der Waals surface area (Å²) in [5, 5.41) is 7.14. The maximum atomic E-state index is 14.8. The summed E-state index contributed by atoms with van der Waals surface area (Å²) in [4.78, 5) is 23.2. The number of morpholine rings is 1. The van der Waals surface area contributed by atoms with Gasteiger partial charge in [0, 0.05) is 36.2 Å². The molecule has 5 rings (SSSR count). The van der Waals surface area contributed by atoms with Gasteiger partial charge in [-0.1, -0.05) is 18.9 Å². The molecule has 3 heterocycles. The van der Waals surface area contributed by atoms with Crippen LogP contribution in [0.2, 0.25) is 0 Å². The van der Waals surface area contributed by atoms with E-state index in [1.165, 1.54) is 0 Å². The Morgan fingerprint density at radius 3 is 2.69 bits per heavy atom. The number of carbonyl (C=O) groups is 1. The van der Waals surface area contributed by atoms with Crippen molar-refractivity contribution in [2.75, 3.05) is 41.8 Å². The zero-order valence-corrected chi connectivity index (χ0v) is 19.5. The van der Waals surface area contributed by atoms with Gasteiger partial charge in [0.2, 0.25) is 0 Å². The zero-order valence-electron chi connectivity index (χ0n) is 19.5. The number of hydrogen-bond donors (Lipinski definition) is 4. The summed E-state index contributed by atoms with van der Waals surface area (Å²) in [7, 11) is 0. The number of aromatic nitrogens is 2. The highest BCUT2D eigenvalue weighted by atomic mass is 19.1. The van der Waals surface area contributed by atoms with Crippen LogP contribution < -0.4 is 27.0 Å². The fraction of sp³-hybridized carbons (Fsp3) is 0.400. The van der Waals surface area contributed by atoms with Crippen LogP contribution in [0.5, 0.6) is 0 Å². The molecule has 2 unspecified atom stereocenters. The van der Waals surface area contributed by atoms with E-state index < -0.39 is 11.7 Å². The van der Waals surface area contributed by atoms with Crippen molar-refractivity contribution in [2.45, 2.75) is 37.8 Å². The van der Waals surface area contributed by atoms with Gasteiger partial charge in [0.25, 0.3) is 5.91 Å². The minimum atomic E-state index is -0.774. The maximum absolute atomic E-state index is 14.8. The van der Waals surface area contributed by atoms with Crippen LogP contribution in [-0.4, -0.2) is 54.3 Å². The SMILES string of the molecule is NC(=O)c1cc(F)c(NC2CCCCC2N)nc1Nc1cnc2cc(N3CCOCC3)ccc2c1. The van der Waals surface area contributed by atoms with Crippen molar-refractivity contribution in [1.29, 1.82) is 0 Å². The van der Waals surface area contributed by atoms with Gasteiger partial charge in [0.15, 0.2) is 11.6 Å². The average molecular weight is 480 g/mol. The van der Waals surface area contributed by atoms with Gasteiger partial charge in [-0.2, -0.15) is 0 Å². The van der Waals surface area contributed by atoms with E-state index in [0.717, 1.165) is 61.4 Å². The Balaban J connectivity index is 1.41. The van der Waals surface area contributed by atoms with E-state index in [1.54, 1.807) is 6.20 Å². The van der Waals surface area contributed by atoms with Crippen molar-refractivity contribution in [3.8, 4) is 0 Å². The molecule has 184 valence electrons. The monoisotopic (exact) mass is 479 g/mol. The standard InChI is InChI=1S/C25H30FN7O2/c26-19-13-18(23(28)34)24(32-25(19)31-21-4-2-1-3-20(21)27)30-16-11-15-5-6-17(12-22(15)29-14-16)33-7-9-35-10-8-33/h5-6,11-14,20-21H,1-4,7-10,27H2,(H2,28,34)(H2,30,31,32). The van der Waals surface area contributed by atoms with Crippen LogP contribution in [0.1, 0.15) is 36.0 Å². The molecule has 2 aliphatic rings. The molecule has 2 aromatic heterocycles. The molecule has 1 saturated heterocycles. The minimum Gasteiger partial charge on any atom is -0.378 e. The van der Waals surface area contributed by atoms with Crippen molar-refractivity contribution in [2.24, 2.45) is 11.5 Å². The van der Waals surface area contributed by atoms with Gasteiger partial charge in [-0.05, 0) is 37.1 Å². The number of nitrogens with two attached hydrogens (primary N) is 2. The third-order valence-electron chi connectivity index (χ3n) is 6.69. The molecule has 35 heavy (non-hydrogen) atoms. The number of amides is 1. The summed E-state index contributed by atoms with van der Waals surface area (Å²) >= 11 is 0. The molecule has 1 aliphatic heterocycles. The van der Waals surface area contributed by atoms with E-state index in [-0.39, 0.29) is 29.3 Å². The maximum Gasteiger partial charge on any atom is 0.252 e. The second-order valence-corrected chi connectivity index (χ2v) is 9.10. The fourth-order valence-electron chi connectivity index (χ4n) is 4.72. The summed E-state index contributed by atoms with van der Waals surface area (Å²) in [5.74, 6) is -1.21. The van der Waals surface area contributed by atoms with Gasteiger partial charge in [0.1, 0.15) is 5.82 Å². The molecule has 0 spiro atoms. The zero-order chi connectivity index (χ0) is 24.4. The lowest BCUT2D eigenvalue weighted by molar-refractivity contribution is 0.100. The van der Waals surface area contributed by atoms with Crippen LogP contribution >= 0.6 is 0 Å². The van der Waals surface area contributed by atoms with Gasteiger partial charge in [-0.3, -0.25) is 9.78 Å². The largest absolute Gasteiger partial charge is 0.378 e. The van der Waals surface area contributed by atoms with Gasteiger partial charge in [-0.15, -0.1) is 0 Å². The molecule has 3 aromatic rings. The van der Waals surface area contributed by atoms with Crippen molar-refractivity contribution >= 4 is 39.8 Å². The van der Waals surface area contributed by atoms with Crippen molar-refractivity contribution in [3.05, 3.63) is 47.9 Å². The summed E-state index contributed by atoms with van der Waals surface area (Å²) < 4.78 is 20.2. The van der Waals surface area contributed by atoms with E-state index in [0.29, 0.717) is 18.9 Å². The van der Waals surface area contributed by atoms with E-state index >= 15 is 0 Å². The molecule has 1 amide bonds. The topological polar surface area (TPSA) is 131 Å². The van der Waals surface area contributed by atoms with Crippen molar-refractivity contribution in [1.82, 2.24) is 9.97 Å². The Kier molecular flexibility index (Phi) is 6.65. The molecule has 0 bridgehead atoms. The second kappa shape index (κ2) is 10.0. The predicted octanol–water partition coefficient (Wildman–Crippen LogP) is 3.13. The smallest absolute Gasteiger partial charge is 0.252 e. The van der Waals surface area contributed by atoms with Crippen LogP contribution in [0.3, 0.4) is 0 Å². The number of hydrogen-bond acceptors (Lipinski definition) is 8. The van der Waals surface area contributed by atoms with E-state index in [2.05, 4.69) is 31.6 Å². The Bertz CT molecular complexity index is 1230. The van der Waals surface area contributed by atoms with Crippen LogP contribution in [0.15, 0.2) is 36.5 Å². The van der Waals surface area contributed by atoms with E-state index in [4.69, 9.17) is 16.2 Å². The quantitative estimate of drug-likeness (QED) is 0.424. The number of rotatable bonds is 6. The van der Waals surface area contributed by atoms with Crippen LogP contribution in [0.25, 0.3) is 10.9 Å². The second-order valence-electron chi connectivity index (χ2n) is 9.10.